The van der Waals surface area contributed by atoms with Crippen LogP contribution in [0.2, 0.25) is 0 Å². The molecule has 1 aromatic heterocycles. The number of thiophene rings is 1. The molecular formula is C21H21NO4S2. The van der Waals surface area contributed by atoms with Gasteiger partial charge in [0.2, 0.25) is 0 Å². The first kappa shape index (κ1) is 20.1. The molecule has 0 aliphatic heterocycles. The van der Waals surface area contributed by atoms with E-state index in [1.165, 1.54) is 11.3 Å². The number of para-hydroxylation sites is 1. The van der Waals surface area contributed by atoms with Crippen molar-refractivity contribution < 1.29 is 17.9 Å². The maximum Gasteiger partial charge on any atom is 0.258 e. The molecule has 0 fully saturated rings. The van der Waals surface area contributed by atoms with E-state index in [1.807, 2.05) is 23.6 Å². The summed E-state index contributed by atoms with van der Waals surface area (Å²) in [5, 5.41) is 3.73. The van der Waals surface area contributed by atoms with Gasteiger partial charge in [-0.1, -0.05) is 42.5 Å². The van der Waals surface area contributed by atoms with Gasteiger partial charge in [-0.2, -0.15) is 0 Å². The van der Waals surface area contributed by atoms with E-state index < -0.39 is 21.1 Å². The molecule has 1 heterocycles. The predicted octanol–water partition coefficient (Wildman–Crippen LogP) is 3.85. The van der Waals surface area contributed by atoms with Crippen LogP contribution < -0.4 is 10.1 Å². The molecule has 0 spiro atoms. The SMILES string of the molecule is CC(NC(=O)COc1ccccc1)C(c1cccs1)S(=O)(=O)c1ccccc1. The number of hydrogen-bond donors (Lipinski definition) is 1. The zero-order valence-electron chi connectivity index (χ0n) is 15.3. The lowest BCUT2D eigenvalue weighted by Crippen LogP contribution is -2.41. The highest BCUT2D eigenvalue weighted by atomic mass is 32.2. The Labute approximate surface area is 168 Å². The number of rotatable bonds is 8. The topological polar surface area (TPSA) is 72.5 Å². The summed E-state index contributed by atoms with van der Waals surface area (Å²) in [6.45, 7) is 1.52. The van der Waals surface area contributed by atoms with E-state index in [0.717, 1.165) is 0 Å². The minimum absolute atomic E-state index is 0.184. The summed E-state index contributed by atoms with van der Waals surface area (Å²) in [7, 11) is -3.68. The van der Waals surface area contributed by atoms with Gasteiger partial charge >= 0.3 is 0 Å². The fourth-order valence-corrected chi connectivity index (χ4v) is 6.09. The van der Waals surface area contributed by atoms with Gasteiger partial charge in [0.15, 0.2) is 16.4 Å². The number of hydrogen-bond acceptors (Lipinski definition) is 5. The number of amides is 1. The average molecular weight is 416 g/mol. The average Bonchev–Trinajstić information content (AvgIpc) is 3.22. The largest absolute Gasteiger partial charge is 0.484 e. The summed E-state index contributed by atoms with van der Waals surface area (Å²) >= 11 is 1.36. The second-order valence-corrected chi connectivity index (χ2v) is 9.30. The van der Waals surface area contributed by atoms with Crippen molar-refractivity contribution >= 4 is 27.1 Å². The lowest BCUT2D eigenvalue weighted by atomic mass is 10.2. The van der Waals surface area contributed by atoms with Crippen LogP contribution in [-0.2, 0) is 14.6 Å². The maximum atomic E-state index is 13.3. The van der Waals surface area contributed by atoms with Gasteiger partial charge in [-0.05, 0) is 42.6 Å². The van der Waals surface area contributed by atoms with Crippen molar-refractivity contribution in [1.82, 2.24) is 5.32 Å². The highest BCUT2D eigenvalue weighted by Crippen LogP contribution is 2.34. The van der Waals surface area contributed by atoms with Crippen LogP contribution in [0.25, 0.3) is 0 Å². The number of ether oxygens (including phenoxy) is 1. The van der Waals surface area contributed by atoms with Crippen LogP contribution in [0.4, 0.5) is 0 Å². The maximum absolute atomic E-state index is 13.3. The van der Waals surface area contributed by atoms with Crippen LogP contribution in [0.15, 0.2) is 83.1 Å². The molecule has 0 radical (unpaired) electrons. The monoisotopic (exact) mass is 415 g/mol. The van der Waals surface area contributed by atoms with Gasteiger partial charge in [-0.15, -0.1) is 11.3 Å². The molecule has 7 heteroatoms. The first-order chi connectivity index (χ1) is 13.5. The number of carbonyl (C=O) groups is 1. The molecule has 1 amide bonds. The van der Waals surface area contributed by atoms with Crippen LogP contribution in [0.1, 0.15) is 17.1 Å². The zero-order valence-corrected chi connectivity index (χ0v) is 16.9. The Kier molecular flexibility index (Phi) is 6.49. The summed E-state index contributed by atoms with van der Waals surface area (Å²) in [4.78, 5) is 13.2. The smallest absolute Gasteiger partial charge is 0.258 e. The molecule has 2 aromatic carbocycles. The lowest BCUT2D eigenvalue weighted by molar-refractivity contribution is -0.123. The van der Waals surface area contributed by atoms with E-state index >= 15 is 0 Å². The van der Waals surface area contributed by atoms with E-state index in [1.54, 1.807) is 61.5 Å². The summed E-state index contributed by atoms with van der Waals surface area (Å²) in [5.41, 5.74) is 0. The Balaban J connectivity index is 1.76. The van der Waals surface area contributed by atoms with Crippen molar-refractivity contribution in [2.45, 2.75) is 23.1 Å². The fourth-order valence-electron chi connectivity index (χ4n) is 2.91. The standard InChI is InChI=1S/C21H21NO4S2/c1-16(22-20(23)15-26-17-9-4-2-5-10-17)21(19-13-8-14-27-19)28(24,25)18-11-6-3-7-12-18/h2-14,16,21H,15H2,1H3,(H,22,23). The third kappa shape index (κ3) is 4.79. The Bertz CT molecular complexity index is 987. The second-order valence-electron chi connectivity index (χ2n) is 6.25. The second kappa shape index (κ2) is 9.03. The van der Waals surface area contributed by atoms with E-state index in [0.29, 0.717) is 10.6 Å². The van der Waals surface area contributed by atoms with Gasteiger partial charge in [0.05, 0.1) is 4.90 Å². The molecule has 5 nitrogen and oxygen atoms in total. The molecule has 3 aromatic rings. The zero-order chi connectivity index (χ0) is 20.0. The van der Waals surface area contributed by atoms with Crippen molar-refractivity contribution in [3.63, 3.8) is 0 Å². The number of benzene rings is 2. The first-order valence-corrected chi connectivity index (χ1v) is 11.2. The third-order valence-corrected chi connectivity index (χ3v) is 7.55. The molecule has 0 aliphatic rings. The molecule has 146 valence electrons. The van der Waals surface area contributed by atoms with Crippen LogP contribution in [0, 0.1) is 0 Å². The van der Waals surface area contributed by atoms with Gasteiger partial charge in [0, 0.05) is 10.9 Å². The Morgan fingerprint density at radius 3 is 2.25 bits per heavy atom. The third-order valence-electron chi connectivity index (χ3n) is 4.19. The van der Waals surface area contributed by atoms with Gasteiger partial charge in [0.25, 0.3) is 5.91 Å². The molecular weight excluding hydrogens is 394 g/mol. The Morgan fingerprint density at radius 1 is 1.00 bits per heavy atom. The van der Waals surface area contributed by atoms with Crippen molar-refractivity contribution in [2.75, 3.05) is 6.61 Å². The Hall–Kier alpha value is -2.64. The van der Waals surface area contributed by atoms with Crippen LogP contribution >= 0.6 is 11.3 Å². The molecule has 2 atom stereocenters. The number of sulfone groups is 1. The summed E-state index contributed by atoms with van der Waals surface area (Å²) in [6, 6.07) is 20.2. The molecule has 0 saturated carbocycles. The summed E-state index contributed by atoms with van der Waals surface area (Å²) in [6.07, 6.45) is 0. The first-order valence-electron chi connectivity index (χ1n) is 8.78. The Morgan fingerprint density at radius 2 is 1.64 bits per heavy atom. The molecule has 0 saturated heterocycles. The van der Waals surface area contributed by atoms with Crippen LogP contribution in [0.3, 0.4) is 0 Å². The van der Waals surface area contributed by atoms with Gasteiger partial charge < -0.3 is 10.1 Å². The van der Waals surface area contributed by atoms with Gasteiger partial charge in [-0.25, -0.2) is 8.42 Å². The highest BCUT2D eigenvalue weighted by Gasteiger charge is 2.35. The molecule has 1 N–H and O–H groups in total. The summed E-state index contributed by atoms with van der Waals surface area (Å²) < 4.78 is 32.0. The highest BCUT2D eigenvalue weighted by molar-refractivity contribution is 7.91. The lowest BCUT2D eigenvalue weighted by Gasteiger charge is -2.24. The van der Waals surface area contributed by atoms with Crippen molar-refractivity contribution in [1.29, 1.82) is 0 Å². The molecule has 0 bridgehead atoms. The molecule has 2 unspecified atom stereocenters. The van der Waals surface area contributed by atoms with Crippen LogP contribution in [-0.4, -0.2) is 27.0 Å². The van der Waals surface area contributed by atoms with Gasteiger partial charge in [-0.3, -0.25) is 4.79 Å². The van der Waals surface area contributed by atoms with Crippen molar-refractivity contribution in [3.05, 3.63) is 83.1 Å². The normalized spacial score (nSPS) is 13.5. The van der Waals surface area contributed by atoms with Crippen LogP contribution in [0.5, 0.6) is 5.75 Å². The van der Waals surface area contributed by atoms with Crippen molar-refractivity contribution in [3.8, 4) is 5.75 Å². The molecule has 3 rings (SSSR count). The minimum Gasteiger partial charge on any atom is -0.484 e. The predicted molar refractivity (Wildman–Crippen MR) is 110 cm³/mol. The fraction of sp³-hybridized carbons (Fsp3) is 0.190. The van der Waals surface area contributed by atoms with E-state index in [9.17, 15) is 13.2 Å². The number of carbonyl (C=O) groups excluding carboxylic acids is 1. The van der Waals surface area contributed by atoms with E-state index in [2.05, 4.69) is 5.32 Å². The van der Waals surface area contributed by atoms with E-state index in [4.69, 9.17) is 4.74 Å². The minimum atomic E-state index is -3.68. The molecule has 0 aliphatic carbocycles. The number of nitrogens with one attached hydrogen (secondary N) is 1. The summed E-state index contributed by atoms with van der Waals surface area (Å²) in [5.74, 6) is 0.207. The van der Waals surface area contributed by atoms with Crippen molar-refractivity contribution in [2.24, 2.45) is 0 Å². The molecule has 28 heavy (non-hydrogen) atoms. The van der Waals surface area contributed by atoms with E-state index in [-0.39, 0.29) is 17.4 Å². The quantitative estimate of drug-likeness (QED) is 0.607. The van der Waals surface area contributed by atoms with Gasteiger partial charge in [0.1, 0.15) is 11.0 Å².